The lowest BCUT2D eigenvalue weighted by Crippen LogP contribution is -2.11. The highest BCUT2D eigenvalue weighted by Crippen LogP contribution is 1.97. The van der Waals surface area contributed by atoms with Crippen LogP contribution in [-0.4, -0.2) is 10.4 Å². The van der Waals surface area contributed by atoms with Crippen molar-refractivity contribution >= 4 is 28.8 Å². The van der Waals surface area contributed by atoms with Crippen molar-refractivity contribution in [2.24, 2.45) is 5.73 Å². The Morgan fingerprint density at radius 3 is 2.43 bits per heavy atom. The molecular formula is C4H8ClNS. The summed E-state index contributed by atoms with van der Waals surface area (Å²) in [5, 5.41) is 0.0810. The Hall–Kier alpha value is 0.180. The molecule has 0 heterocycles. The smallest absolute Gasteiger partial charge is 0.0742 e. The topological polar surface area (TPSA) is 26.0 Å². The molecule has 7 heavy (non-hydrogen) atoms. The average Bonchev–Trinajstić information content (AvgIpc) is 1.27. The molecule has 0 bridgehead atoms. The minimum absolute atomic E-state index is 0.0810. The first-order valence-corrected chi connectivity index (χ1v) is 2.89. The van der Waals surface area contributed by atoms with Gasteiger partial charge >= 0.3 is 0 Å². The first-order valence-electron chi connectivity index (χ1n) is 2.05. The van der Waals surface area contributed by atoms with Gasteiger partial charge in [0, 0.05) is 11.8 Å². The monoisotopic (exact) mass is 137 g/mol. The molecule has 0 aromatic heterocycles. The molecule has 1 unspecified atom stereocenters. The Morgan fingerprint density at radius 1 is 2.00 bits per heavy atom. The van der Waals surface area contributed by atoms with E-state index in [4.69, 9.17) is 17.3 Å². The second-order valence-corrected chi connectivity index (χ2v) is 2.72. The van der Waals surface area contributed by atoms with Crippen LogP contribution in [0.5, 0.6) is 0 Å². The van der Waals surface area contributed by atoms with Crippen LogP contribution < -0.4 is 5.73 Å². The number of nitrogens with two attached hydrogens (primary N) is 1. The molecule has 2 N–H and O–H groups in total. The Morgan fingerprint density at radius 2 is 2.43 bits per heavy atom. The second-order valence-electron chi connectivity index (χ2n) is 1.45. The van der Waals surface area contributed by atoms with Gasteiger partial charge in [0.2, 0.25) is 0 Å². The Balaban J connectivity index is 3.13. The van der Waals surface area contributed by atoms with Crippen LogP contribution in [0.4, 0.5) is 0 Å². The number of hydrogen-bond donors (Lipinski definition) is 1. The maximum atomic E-state index is 5.51. The predicted molar refractivity (Wildman–Crippen MR) is 36.7 cm³/mol. The largest absolute Gasteiger partial charge is 0.393 e. The quantitative estimate of drug-likeness (QED) is 0.459. The fraction of sp³-hybridized carbons (Fsp3) is 0.750. The van der Waals surface area contributed by atoms with E-state index in [9.17, 15) is 0 Å². The predicted octanol–water partition coefficient (Wildman–Crippen LogP) is 1.29. The van der Waals surface area contributed by atoms with E-state index in [1.807, 2.05) is 6.92 Å². The molecule has 0 aliphatic carbocycles. The van der Waals surface area contributed by atoms with E-state index in [-0.39, 0.29) is 5.38 Å². The zero-order chi connectivity index (χ0) is 5.86. The van der Waals surface area contributed by atoms with Gasteiger partial charge in [-0.1, -0.05) is 12.2 Å². The molecule has 0 aliphatic rings. The van der Waals surface area contributed by atoms with Crippen LogP contribution in [0.25, 0.3) is 0 Å². The Kier molecular flexibility index (Phi) is 3.30. The summed E-state index contributed by atoms with van der Waals surface area (Å²) in [4.78, 5) is 0.488. The van der Waals surface area contributed by atoms with Crippen LogP contribution in [0.15, 0.2) is 0 Å². The first kappa shape index (κ1) is 7.18. The van der Waals surface area contributed by atoms with E-state index in [2.05, 4.69) is 12.2 Å². The summed E-state index contributed by atoms with van der Waals surface area (Å²) in [6.45, 7) is 1.86. The van der Waals surface area contributed by atoms with Gasteiger partial charge in [-0.25, -0.2) is 0 Å². The molecule has 0 aromatic carbocycles. The van der Waals surface area contributed by atoms with Gasteiger partial charge < -0.3 is 5.73 Å². The standard InChI is InChI=1S/C4H8ClNS/c1-3(5)2-4(6)7/h3H,2H2,1H3,(H2,6,7). The van der Waals surface area contributed by atoms with Crippen LogP contribution in [0.2, 0.25) is 0 Å². The van der Waals surface area contributed by atoms with Gasteiger partial charge in [-0.15, -0.1) is 11.6 Å². The van der Waals surface area contributed by atoms with Crippen LogP contribution in [0.3, 0.4) is 0 Å². The number of rotatable bonds is 2. The van der Waals surface area contributed by atoms with Gasteiger partial charge in [-0.05, 0) is 6.92 Å². The summed E-state index contributed by atoms with van der Waals surface area (Å²) >= 11 is 10.1. The molecule has 42 valence electrons. The van der Waals surface area contributed by atoms with Crippen molar-refractivity contribution in [1.82, 2.24) is 0 Å². The second kappa shape index (κ2) is 3.22. The molecule has 1 nitrogen and oxygen atoms in total. The van der Waals surface area contributed by atoms with Crippen molar-refractivity contribution in [3.63, 3.8) is 0 Å². The molecule has 0 rings (SSSR count). The zero-order valence-electron chi connectivity index (χ0n) is 4.15. The van der Waals surface area contributed by atoms with Gasteiger partial charge in [0.1, 0.15) is 0 Å². The first-order chi connectivity index (χ1) is 3.13. The van der Waals surface area contributed by atoms with Crippen molar-refractivity contribution in [3.8, 4) is 0 Å². The molecule has 0 spiro atoms. The van der Waals surface area contributed by atoms with Gasteiger partial charge in [-0.3, -0.25) is 0 Å². The SMILES string of the molecule is CC(Cl)CC(N)=S. The molecule has 0 saturated carbocycles. The molecule has 0 amide bonds. The Labute approximate surface area is 53.8 Å². The summed E-state index contributed by atoms with van der Waals surface area (Å²) in [5.41, 5.74) is 5.14. The van der Waals surface area contributed by atoms with Crippen molar-refractivity contribution in [3.05, 3.63) is 0 Å². The lowest BCUT2D eigenvalue weighted by atomic mass is 10.3. The van der Waals surface area contributed by atoms with E-state index < -0.39 is 0 Å². The highest BCUT2D eigenvalue weighted by molar-refractivity contribution is 7.80. The summed E-state index contributed by atoms with van der Waals surface area (Å²) in [5.74, 6) is 0. The maximum Gasteiger partial charge on any atom is 0.0742 e. The summed E-state index contributed by atoms with van der Waals surface area (Å²) < 4.78 is 0. The van der Waals surface area contributed by atoms with Crippen molar-refractivity contribution in [1.29, 1.82) is 0 Å². The average molecular weight is 138 g/mol. The fourth-order valence-corrected chi connectivity index (χ4v) is 0.785. The number of thiocarbonyl (C=S) groups is 1. The minimum atomic E-state index is 0.0810. The molecular weight excluding hydrogens is 130 g/mol. The van der Waals surface area contributed by atoms with E-state index >= 15 is 0 Å². The van der Waals surface area contributed by atoms with E-state index in [1.165, 1.54) is 0 Å². The van der Waals surface area contributed by atoms with E-state index in [1.54, 1.807) is 0 Å². The number of hydrogen-bond acceptors (Lipinski definition) is 1. The van der Waals surface area contributed by atoms with Crippen LogP contribution >= 0.6 is 23.8 Å². The minimum Gasteiger partial charge on any atom is -0.393 e. The molecule has 3 heteroatoms. The van der Waals surface area contributed by atoms with Crippen LogP contribution in [-0.2, 0) is 0 Å². The van der Waals surface area contributed by atoms with Crippen molar-refractivity contribution in [2.75, 3.05) is 0 Å². The summed E-state index contributed by atoms with van der Waals surface area (Å²) in [7, 11) is 0. The van der Waals surface area contributed by atoms with Gasteiger partial charge in [0.15, 0.2) is 0 Å². The van der Waals surface area contributed by atoms with Gasteiger partial charge in [0.25, 0.3) is 0 Å². The van der Waals surface area contributed by atoms with Crippen molar-refractivity contribution in [2.45, 2.75) is 18.7 Å². The highest BCUT2D eigenvalue weighted by atomic mass is 35.5. The van der Waals surface area contributed by atoms with Gasteiger partial charge in [0.05, 0.1) is 4.99 Å². The third-order valence-electron chi connectivity index (χ3n) is 0.482. The van der Waals surface area contributed by atoms with Crippen LogP contribution in [0.1, 0.15) is 13.3 Å². The van der Waals surface area contributed by atoms with E-state index in [0.29, 0.717) is 11.4 Å². The molecule has 1 atom stereocenters. The molecule has 0 aromatic rings. The molecule has 0 aliphatic heterocycles. The van der Waals surface area contributed by atoms with Crippen LogP contribution in [0, 0.1) is 0 Å². The summed E-state index contributed by atoms with van der Waals surface area (Å²) in [6.07, 6.45) is 0.636. The lowest BCUT2D eigenvalue weighted by molar-refractivity contribution is 1.01. The lowest BCUT2D eigenvalue weighted by Gasteiger charge is -1.96. The Bertz CT molecular complexity index is 72.1. The zero-order valence-corrected chi connectivity index (χ0v) is 5.72. The third kappa shape index (κ3) is 6.18. The third-order valence-corrected chi connectivity index (χ3v) is 0.803. The van der Waals surface area contributed by atoms with E-state index in [0.717, 1.165) is 0 Å². The molecule has 0 radical (unpaired) electrons. The highest BCUT2D eigenvalue weighted by Gasteiger charge is 1.95. The van der Waals surface area contributed by atoms with Gasteiger partial charge in [-0.2, -0.15) is 0 Å². The molecule has 0 saturated heterocycles. The fourth-order valence-electron chi connectivity index (χ4n) is 0.277. The van der Waals surface area contributed by atoms with Crippen molar-refractivity contribution < 1.29 is 0 Å². The maximum absolute atomic E-state index is 5.51. The summed E-state index contributed by atoms with van der Waals surface area (Å²) in [6, 6.07) is 0. The molecule has 0 fully saturated rings. The number of halogens is 1. The normalized spacial score (nSPS) is 13.4. The number of alkyl halides is 1.